The number of unbranched alkanes of at least 4 members (excludes halogenated alkanes) is 54. The second-order valence-electron chi connectivity index (χ2n) is 33.3. The molecule has 17 nitrogen and oxygen atoms in total. The van der Waals surface area contributed by atoms with Gasteiger partial charge in [0.05, 0.1) is 26.4 Å². The van der Waals surface area contributed by atoms with Gasteiger partial charge in [-0.25, -0.2) is 9.13 Å². The molecular formula is C90H176O17P2. The van der Waals surface area contributed by atoms with Crippen molar-refractivity contribution in [1.82, 2.24) is 0 Å². The van der Waals surface area contributed by atoms with Crippen molar-refractivity contribution in [1.29, 1.82) is 0 Å². The first kappa shape index (κ1) is 107. The summed E-state index contributed by atoms with van der Waals surface area (Å²) >= 11 is 0. The molecule has 0 saturated carbocycles. The van der Waals surface area contributed by atoms with Crippen LogP contribution in [0.25, 0.3) is 0 Å². The van der Waals surface area contributed by atoms with Crippen LogP contribution in [0.15, 0.2) is 0 Å². The van der Waals surface area contributed by atoms with Crippen LogP contribution in [-0.4, -0.2) is 96.7 Å². The van der Waals surface area contributed by atoms with Crippen LogP contribution in [0.2, 0.25) is 0 Å². The van der Waals surface area contributed by atoms with Gasteiger partial charge < -0.3 is 33.8 Å². The molecule has 0 aromatic rings. The van der Waals surface area contributed by atoms with E-state index in [1.807, 2.05) is 0 Å². The molecule has 0 aliphatic carbocycles. The molecule has 4 unspecified atom stereocenters. The van der Waals surface area contributed by atoms with E-state index in [-0.39, 0.29) is 25.7 Å². The molecular weight excluding hydrogens is 1410 g/mol. The topological polar surface area (TPSA) is 237 Å². The van der Waals surface area contributed by atoms with Crippen molar-refractivity contribution in [2.45, 2.75) is 497 Å². The summed E-state index contributed by atoms with van der Waals surface area (Å²) in [6.45, 7) is 12.1. The molecule has 0 fully saturated rings. The molecule has 0 aliphatic heterocycles. The van der Waals surface area contributed by atoms with Gasteiger partial charge >= 0.3 is 39.5 Å². The fourth-order valence-electron chi connectivity index (χ4n) is 14.0. The zero-order valence-electron chi connectivity index (χ0n) is 72.0. The number of esters is 4. The van der Waals surface area contributed by atoms with Crippen molar-refractivity contribution in [2.75, 3.05) is 39.6 Å². The Morgan fingerprint density at radius 2 is 0.468 bits per heavy atom. The molecule has 0 aromatic heterocycles. The lowest BCUT2D eigenvalue weighted by atomic mass is 9.99. The van der Waals surface area contributed by atoms with Gasteiger partial charge in [-0.2, -0.15) is 0 Å². The third-order valence-corrected chi connectivity index (χ3v) is 23.8. The number of carbonyl (C=O) groups is 4. The maximum absolute atomic E-state index is 13.2. The highest BCUT2D eigenvalue weighted by Gasteiger charge is 2.31. The summed E-state index contributed by atoms with van der Waals surface area (Å²) in [5.41, 5.74) is 0. The van der Waals surface area contributed by atoms with Gasteiger partial charge in [-0.05, 0) is 43.4 Å². The van der Waals surface area contributed by atoms with E-state index in [4.69, 9.17) is 37.0 Å². The maximum Gasteiger partial charge on any atom is 0.472 e. The summed E-state index contributed by atoms with van der Waals surface area (Å²) in [4.78, 5) is 73.4. The highest BCUT2D eigenvalue weighted by atomic mass is 31.2. The molecule has 0 aliphatic rings. The second-order valence-corrected chi connectivity index (χ2v) is 36.2. The molecule has 0 radical (unpaired) electrons. The summed E-state index contributed by atoms with van der Waals surface area (Å²) in [7, 11) is -9.94. The Morgan fingerprint density at radius 3 is 0.697 bits per heavy atom. The van der Waals surface area contributed by atoms with E-state index >= 15 is 0 Å². The first-order valence-electron chi connectivity index (χ1n) is 46.4. The molecule has 109 heavy (non-hydrogen) atoms. The van der Waals surface area contributed by atoms with Crippen LogP contribution < -0.4 is 0 Å². The van der Waals surface area contributed by atoms with Crippen molar-refractivity contribution in [3.05, 3.63) is 0 Å². The Labute approximate surface area is 670 Å². The highest BCUT2D eigenvalue weighted by molar-refractivity contribution is 7.47. The molecule has 3 N–H and O–H groups in total. The number of ether oxygens (including phenoxy) is 4. The Morgan fingerprint density at radius 1 is 0.266 bits per heavy atom. The van der Waals surface area contributed by atoms with E-state index < -0.39 is 97.5 Å². The van der Waals surface area contributed by atoms with Gasteiger partial charge in [-0.3, -0.25) is 37.3 Å². The minimum absolute atomic E-state index is 0.108. The average molecular weight is 1590 g/mol. The van der Waals surface area contributed by atoms with Gasteiger partial charge in [0, 0.05) is 25.7 Å². The third-order valence-electron chi connectivity index (χ3n) is 21.9. The van der Waals surface area contributed by atoms with Crippen LogP contribution in [0, 0.1) is 17.8 Å². The molecule has 0 heterocycles. The predicted molar refractivity (Wildman–Crippen MR) is 451 cm³/mol. The molecule has 19 heteroatoms. The Bertz CT molecular complexity index is 2100. The van der Waals surface area contributed by atoms with Gasteiger partial charge in [0.25, 0.3) is 0 Å². The number of phosphoric ester groups is 2. The first-order valence-corrected chi connectivity index (χ1v) is 49.4. The van der Waals surface area contributed by atoms with Crippen LogP contribution >= 0.6 is 15.6 Å². The summed E-state index contributed by atoms with van der Waals surface area (Å²) in [5, 5.41) is 10.7. The van der Waals surface area contributed by atoms with Crippen LogP contribution in [0.5, 0.6) is 0 Å². The lowest BCUT2D eigenvalue weighted by Gasteiger charge is -2.21. The van der Waals surface area contributed by atoms with Gasteiger partial charge in [-0.1, -0.05) is 427 Å². The zero-order chi connectivity index (χ0) is 80.0. The van der Waals surface area contributed by atoms with E-state index in [2.05, 4.69) is 48.5 Å². The molecule has 0 spiro atoms. The van der Waals surface area contributed by atoms with E-state index in [1.165, 1.54) is 289 Å². The molecule has 0 amide bonds. The number of aliphatic hydroxyl groups is 1. The van der Waals surface area contributed by atoms with Crippen LogP contribution in [0.4, 0.5) is 0 Å². The summed E-state index contributed by atoms with van der Waals surface area (Å²) in [6, 6.07) is 0. The fraction of sp³-hybridized carbons (Fsp3) is 0.956. The summed E-state index contributed by atoms with van der Waals surface area (Å²) < 4.78 is 69.1. The van der Waals surface area contributed by atoms with E-state index in [0.29, 0.717) is 25.7 Å². The number of aliphatic hydroxyl groups excluding tert-OH is 1. The van der Waals surface area contributed by atoms with E-state index in [9.17, 15) is 43.2 Å². The smallest absolute Gasteiger partial charge is 0.462 e. The molecule has 0 saturated heterocycles. The number of rotatable bonds is 88. The minimum atomic E-state index is -4.97. The average Bonchev–Trinajstić information content (AvgIpc) is 0.899. The van der Waals surface area contributed by atoms with Crippen molar-refractivity contribution in [3.63, 3.8) is 0 Å². The number of carbonyl (C=O) groups excluding carboxylic acids is 4. The standard InChI is InChI=1S/C90H176O17P2/c1-8-11-12-13-14-15-16-26-36-43-50-57-64-71-87(92)100-77-85(107-90(95)74-67-60-53-46-39-32-25-27-33-40-47-54-61-68-81(4)5)79-104-108(96,97)102-75-84(91)76-103-109(98,99)105-80-86(78-101-88(93)72-65-58-51-44-37-30-24-23-29-35-42-49-56-63-70-83(7)10-3)106-89(94)73-66-59-52-45-38-31-22-20-18-17-19-21-28-34-41-48-55-62-69-82(6)9-2/h81-86,91H,8-80H2,1-7H3,(H,96,97)(H,98,99)/t82?,83?,84-,85+,86+/m0/s1. The predicted octanol–water partition coefficient (Wildman–Crippen LogP) is 27.6. The Hall–Kier alpha value is -1.94. The zero-order valence-corrected chi connectivity index (χ0v) is 73.8. The number of hydrogen-bond donors (Lipinski definition) is 3. The summed E-state index contributed by atoms with van der Waals surface area (Å²) in [6.07, 6.45) is 72.0. The second kappa shape index (κ2) is 79.9. The van der Waals surface area contributed by atoms with Crippen LogP contribution in [0.3, 0.4) is 0 Å². The van der Waals surface area contributed by atoms with E-state index in [0.717, 1.165) is 108 Å². The van der Waals surface area contributed by atoms with Crippen LogP contribution in [0.1, 0.15) is 479 Å². The van der Waals surface area contributed by atoms with Gasteiger partial charge in [0.1, 0.15) is 19.3 Å². The SMILES string of the molecule is CCCCCCCCCCCCCCCC(=O)OC[C@H](COP(=O)(O)OC[C@H](O)COP(=O)(O)OC[C@@H](COC(=O)CCCCCCCCCCCCCCCCC(C)CC)OC(=O)CCCCCCCCCCCCCCCCCCCCC(C)CC)OC(=O)CCCCCCCCCCCCCCCC(C)C. The number of phosphoric acid groups is 2. The lowest BCUT2D eigenvalue weighted by Crippen LogP contribution is -2.30. The third kappa shape index (κ3) is 81.0. The minimum Gasteiger partial charge on any atom is -0.462 e. The largest absolute Gasteiger partial charge is 0.472 e. The van der Waals surface area contributed by atoms with Crippen molar-refractivity contribution < 1.29 is 80.2 Å². The lowest BCUT2D eigenvalue weighted by molar-refractivity contribution is -0.161. The van der Waals surface area contributed by atoms with Crippen LogP contribution in [-0.2, 0) is 65.4 Å². The van der Waals surface area contributed by atoms with E-state index in [1.54, 1.807) is 0 Å². The quantitative estimate of drug-likeness (QED) is 0.0222. The van der Waals surface area contributed by atoms with Gasteiger partial charge in [0.15, 0.2) is 12.2 Å². The summed E-state index contributed by atoms with van der Waals surface area (Å²) in [5.74, 6) is 0.410. The Balaban J connectivity index is 5.26. The molecule has 648 valence electrons. The monoisotopic (exact) mass is 1590 g/mol. The maximum atomic E-state index is 13.2. The molecule has 0 bridgehead atoms. The molecule has 0 rings (SSSR count). The normalized spacial score (nSPS) is 14.3. The first-order chi connectivity index (χ1) is 52.8. The highest BCUT2D eigenvalue weighted by Crippen LogP contribution is 2.45. The fourth-order valence-corrected chi connectivity index (χ4v) is 15.6. The van der Waals surface area contributed by atoms with Crippen molar-refractivity contribution >= 4 is 39.5 Å². The van der Waals surface area contributed by atoms with Crippen molar-refractivity contribution in [3.8, 4) is 0 Å². The van der Waals surface area contributed by atoms with Crippen molar-refractivity contribution in [2.24, 2.45) is 17.8 Å². The number of hydrogen-bond acceptors (Lipinski definition) is 15. The van der Waals surface area contributed by atoms with Gasteiger partial charge in [0.2, 0.25) is 0 Å². The Kier molecular flexibility index (Phi) is 78.5. The molecule has 7 atom stereocenters. The molecule has 0 aromatic carbocycles. The van der Waals surface area contributed by atoms with Gasteiger partial charge in [-0.15, -0.1) is 0 Å².